The zero-order chi connectivity index (χ0) is 31.9. The number of unbranched alkanes of at least 4 members (excludes halogenated alkanes) is 9. The summed E-state index contributed by atoms with van der Waals surface area (Å²) in [6, 6.07) is 0.923. The average molecular weight is 635 g/mol. The molecule has 0 saturated carbocycles. The lowest BCUT2D eigenvalue weighted by atomic mass is 10.1. The number of quaternary nitrogens is 1. The first-order chi connectivity index (χ1) is 21.0. The minimum Gasteiger partial charge on any atom is -0.465 e. The van der Waals surface area contributed by atoms with Gasteiger partial charge in [0.2, 0.25) is 0 Å². The number of hydrogen-bond donors (Lipinski definition) is 1. The van der Waals surface area contributed by atoms with Gasteiger partial charge < -0.3 is 32.3 Å². The summed E-state index contributed by atoms with van der Waals surface area (Å²) in [7, 11) is -2.47. The van der Waals surface area contributed by atoms with E-state index in [0.717, 1.165) is 108 Å². The van der Waals surface area contributed by atoms with E-state index in [-0.39, 0.29) is 12.6 Å². The Morgan fingerprint density at radius 2 is 1.09 bits per heavy atom. The Labute approximate surface area is 267 Å². The van der Waals surface area contributed by atoms with Crippen molar-refractivity contribution in [3.8, 4) is 0 Å². The number of esters is 1. The second-order valence-corrected chi connectivity index (χ2v) is 14.6. The van der Waals surface area contributed by atoms with Gasteiger partial charge in [-0.2, -0.15) is 0 Å². The molecule has 8 nitrogen and oxygen atoms in total. The van der Waals surface area contributed by atoms with E-state index in [1.54, 1.807) is 0 Å². The second-order valence-electron chi connectivity index (χ2n) is 11.9. The third-order valence-corrected chi connectivity index (χ3v) is 11.2. The highest BCUT2D eigenvalue weighted by Gasteiger charge is 2.39. The third-order valence-electron chi connectivity index (χ3n) is 8.01. The minimum atomic E-state index is -2.47. The van der Waals surface area contributed by atoms with E-state index in [1.165, 1.54) is 38.5 Å². The standard InChI is InChI=1S/C34H72NO7Si/c1-6-25-35(26-7-2,27-18-19-29-36)28-23-32-39-34(37)24-17-21-31-38-30-20-15-13-11-12-14-16-22-33-43(40-8-3,41-9-4)42-10-5/h36H,6-33H2,1-5H3/q+1. The smallest absolute Gasteiger partial charge is 0.465 e. The van der Waals surface area contributed by atoms with Crippen molar-refractivity contribution in [1.82, 2.24) is 0 Å². The van der Waals surface area contributed by atoms with Gasteiger partial charge in [0.05, 0.1) is 32.8 Å². The Bertz CT molecular complexity index is 588. The van der Waals surface area contributed by atoms with Crippen molar-refractivity contribution >= 4 is 14.8 Å². The highest BCUT2D eigenvalue weighted by atomic mass is 28.4. The summed E-state index contributed by atoms with van der Waals surface area (Å²) >= 11 is 0. The molecule has 0 radical (unpaired) electrons. The largest absolute Gasteiger partial charge is 0.500 e. The molecule has 0 atom stereocenters. The molecule has 0 aliphatic carbocycles. The molecule has 0 fully saturated rings. The summed E-state index contributed by atoms with van der Waals surface area (Å²) in [6.07, 6.45) is 17.1. The SMILES string of the molecule is CCC[N+](CCC)(CCCCO)CCCOC(=O)CCCCOCCCCCCCCCC[Si](OCC)(OCC)OCC. The summed E-state index contributed by atoms with van der Waals surface area (Å²) in [6.45, 7) is 19.3. The fourth-order valence-electron chi connectivity index (χ4n) is 6.02. The van der Waals surface area contributed by atoms with E-state index < -0.39 is 8.80 Å². The van der Waals surface area contributed by atoms with E-state index in [4.69, 9.17) is 27.9 Å². The Balaban J connectivity index is 3.73. The van der Waals surface area contributed by atoms with Gasteiger partial charge >= 0.3 is 14.8 Å². The van der Waals surface area contributed by atoms with Crippen LogP contribution in [-0.4, -0.2) is 96.8 Å². The number of rotatable bonds is 34. The fourth-order valence-corrected chi connectivity index (χ4v) is 8.71. The van der Waals surface area contributed by atoms with Crippen LogP contribution in [0.3, 0.4) is 0 Å². The molecule has 0 aromatic rings. The first kappa shape index (κ1) is 42.4. The lowest BCUT2D eigenvalue weighted by molar-refractivity contribution is -0.928. The Morgan fingerprint density at radius 3 is 1.63 bits per heavy atom. The van der Waals surface area contributed by atoms with Gasteiger partial charge in [-0.05, 0) is 72.1 Å². The van der Waals surface area contributed by atoms with Gasteiger partial charge in [-0.15, -0.1) is 0 Å². The second kappa shape index (κ2) is 30.1. The van der Waals surface area contributed by atoms with Crippen LogP contribution in [0.1, 0.15) is 137 Å². The molecule has 0 aromatic carbocycles. The first-order valence-corrected chi connectivity index (χ1v) is 20.0. The Morgan fingerprint density at radius 1 is 0.581 bits per heavy atom. The van der Waals surface area contributed by atoms with Gasteiger partial charge in [0.1, 0.15) is 0 Å². The molecule has 1 N–H and O–H groups in total. The molecular formula is C34H72NO7Si+. The summed E-state index contributed by atoms with van der Waals surface area (Å²) in [5, 5.41) is 9.17. The quantitative estimate of drug-likeness (QED) is 0.0336. The molecule has 9 heteroatoms. The summed E-state index contributed by atoms with van der Waals surface area (Å²) in [5.41, 5.74) is 0. The summed E-state index contributed by atoms with van der Waals surface area (Å²) in [5.74, 6) is -0.0800. The number of ether oxygens (including phenoxy) is 2. The van der Waals surface area contributed by atoms with Gasteiger partial charge in [-0.1, -0.05) is 52.4 Å². The van der Waals surface area contributed by atoms with Crippen LogP contribution in [0.5, 0.6) is 0 Å². The van der Waals surface area contributed by atoms with Crippen LogP contribution in [0.2, 0.25) is 6.04 Å². The predicted molar refractivity (Wildman–Crippen MR) is 179 cm³/mol. The van der Waals surface area contributed by atoms with E-state index >= 15 is 0 Å². The topological polar surface area (TPSA) is 83.5 Å². The van der Waals surface area contributed by atoms with E-state index in [1.807, 2.05) is 20.8 Å². The predicted octanol–water partition coefficient (Wildman–Crippen LogP) is 7.69. The van der Waals surface area contributed by atoms with Crippen molar-refractivity contribution in [3.05, 3.63) is 0 Å². The van der Waals surface area contributed by atoms with Crippen molar-refractivity contribution < 1.29 is 37.1 Å². The number of aliphatic hydroxyl groups excluding tert-OH is 1. The van der Waals surface area contributed by atoms with Crippen LogP contribution in [0.4, 0.5) is 0 Å². The maximum absolute atomic E-state index is 12.2. The van der Waals surface area contributed by atoms with Crippen molar-refractivity contribution in [2.24, 2.45) is 0 Å². The van der Waals surface area contributed by atoms with Gasteiger partial charge in [-0.25, -0.2) is 0 Å². The molecule has 43 heavy (non-hydrogen) atoms. The van der Waals surface area contributed by atoms with Crippen LogP contribution in [0, 0.1) is 0 Å². The monoisotopic (exact) mass is 635 g/mol. The molecule has 0 bridgehead atoms. The number of carbonyl (C=O) groups excluding carboxylic acids is 1. The van der Waals surface area contributed by atoms with Gasteiger partial charge in [0.15, 0.2) is 0 Å². The summed E-state index contributed by atoms with van der Waals surface area (Å²) in [4.78, 5) is 12.2. The molecule has 0 rings (SSSR count). The molecule has 0 unspecified atom stereocenters. The third kappa shape index (κ3) is 23.4. The normalized spacial score (nSPS) is 12.2. The van der Waals surface area contributed by atoms with Crippen molar-refractivity contribution in [1.29, 1.82) is 0 Å². The van der Waals surface area contributed by atoms with Crippen LogP contribution < -0.4 is 0 Å². The van der Waals surface area contributed by atoms with Gasteiger partial charge in [0.25, 0.3) is 0 Å². The number of aliphatic hydroxyl groups is 1. The number of nitrogens with zero attached hydrogens (tertiary/aromatic N) is 1. The molecule has 258 valence electrons. The van der Waals surface area contributed by atoms with E-state index in [0.29, 0.717) is 32.8 Å². The van der Waals surface area contributed by atoms with Crippen LogP contribution >= 0.6 is 0 Å². The molecule has 0 heterocycles. The van der Waals surface area contributed by atoms with Crippen LogP contribution in [0.15, 0.2) is 0 Å². The van der Waals surface area contributed by atoms with E-state index in [9.17, 15) is 4.79 Å². The highest BCUT2D eigenvalue weighted by molar-refractivity contribution is 6.60. The molecule has 0 saturated heterocycles. The number of hydrogen-bond acceptors (Lipinski definition) is 7. The molecule has 0 aromatic heterocycles. The van der Waals surface area contributed by atoms with Gasteiger partial charge in [-0.3, -0.25) is 4.79 Å². The van der Waals surface area contributed by atoms with Crippen molar-refractivity contribution in [2.45, 2.75) is 143 Å². The minimum absolute atomic E-state index is 0.0800. The lowest BCUT2D eigenvalue weighted by Gasteiger charge is -2.39. The molecular weight excluding hydrogens is 562 g/mol. The van der Waals surface area contributed by atoms with Crippen LogP contribution in [-0.2, 0) is 27.5 Å². The van der Waals surface area contributed by atoms with Crippen LogP contribution in [0.25, 0.3) is 0 Å². The molecule has 0 aliphatic heterocycles. The van der Waals surface area contributed by atoms with Crippen molar-refractivity contribution in [3.63, 3.8) is 0 Å². The first-order valence-electron chi connectivity index (χ1n) is 18.1. The molecule has 0 spiro atoms. The van der Waals surface area contributed by atoms with E-state index in [2.05, 4.69) is 13.8 Å². The van der Waals surface area contributed by atoms with Crippen molar-refractivity contribution in [2.75, 3.05) is 72.4 Å². The molecule has 0 aliphatic rings. The Hall–Kier alpha value is -0.553. The number of carbonyl (C=O) groups is 1. The van der Waals surface area contributed by atoms with Gasteiger partial charge in [0, 0.05) is 58.5 Å². The zero-order valence-corrected chi connectivity index (χ0v) is 30.1. The summed E-state index contributed by atoms with van der Waals surface area (Å²) < 4.78 is 30.2. The Kier molecular flexibility index (Phi) is 29.7. The maximum Gasteiger partial charge on any atom is 0.500 e. The molecule has 0 amide bonds. The fraction of sp³-hybridized carbons (Fsp3) is 0.971. The average Bonchev–Trinajstić information content (AvgIpc) is 2.98. The maximum atomic E-state index is 12.2. The lowest BCUT2D eigenvalue weighted by Crippen LogP contribution is -2.50. The highest BCUT2D eigenvalue weighted by Crippen LogP contribution is 2.21. The zero-order valence-electron chi connectivity index (χ0n) is 29.1.